The molecule has 0 spiro atoms. The molecular formula is C12H27PSe2. The summed E-state index contributed by atoms with van der Waals surface area (Å²) in [6.45, 7) is 16.9. The first-order chi connectivity index (χ1) is 6.56. The SMILES string of the molecule is CCCC[Se]P(=[Se])(C(C)(C)C)C(C)(C)C. The van der Waals surface area contributed by atoms with Crippen LogP contribution < -0.4 is 0 Å². The van der Waals surface area contributed by atoms with Gasteiger partial charge in [0.2, 0.25) is 0 Å². The van der Waals surface area contributed by atoms with Gasteiger partial charge in [-0.15, -0.1) is 0 Å². The molecule has 0 heterocycles. The Morgan fingerprint density at radius 3 is 1.67 bits per heavy atom. The van der Waals surface area contributed by atoms with Crippen LogP contribution in [-0.2, 0) is 0 Å². The van der Waals surface area contributed by atoms with Crippen molar-refractivity contribution in [2.75, 3.05) is 0 Å². The summed E-state index contributed by atoms with van der Waals surface area (Å²) in [6, 6.07) is 0. The predicted molar refractivity (Wildman–Crippen MR) is 77.6 cm³/mol. The van der Waals surface area contributed by atoms with Crippen LogP contribution in [0.2, 0.25) is 5.32 Å². The van der Waals surface area contributed by atoms with Gasteiger partial charge in [0.05, 0.1) is 0 Å². The van der Waals surface area contributed by atoms with Gasteiger partial charge in [-0.1, -0.05) is 0 Å². The van der Waals surface area contributed by atoms with E-state index in [9.17, 15) is 0 Å². The van der Waals surface area contributed by atoms with E-state index in [1.54, 1.807) is 0 Å². The van der Waals surface area contributed by atoms with Gasteiger partial charge in [-0.3, -0.25) is 0 Å². The zero-order valence-corrected chi connectivity index (χ0v) is 15.7. The van der Waals surface area contributed by atoms with Gasteiger partial charge < -0.3 is 0 Å². The van der Waals surface area contributed by atoms with Crippen LogP contribution in [0.1, 0.15) is 61.3 Å². The number of unbranched alkanes of at least 4 members (excludes halogenated alkanes) is 1. The van der Waals surface area contributed by atoms with E-state index in [1.807, 2.05) is 0 Å². The van der Waals surface area contributed by atoms with E-state index in [0.29, 0.717) is 10.3 Å². The monoisotopic (exact) mass is 362 g/mol. The molecule has 0 amide bonds. The van der Waals surface area contributed by atoms with E-state index < -0.39 is 4.20 Å². The van der Waals surface area contributed by atoms with E-state index in [0.717, 1.165) is 14.5 Å². The van der Waals surface area contributed by atoms with E-state index in [2.05, 4.69) is 63.6 Å². The van der Waals surface area contributed by atoms with Crippen LogP contribution in [0.25, 0.3) is 0 Å². The topological polar surface area (TPSA) is 0 Å². The number of hydrogen-bond acceptors (Lipinski definition) is 0. The summed E-state index contributed by atoms with van der Waals surface area (Å²) in [5.41, 5.74) is 0. The molecule has 0 unspecified atom stereocenters. The Morgan fingerprint density at radius 1 is 1.00 bits per heavy atom. The van der Waals surface area contributed by atoms with E-state index in [-0.39, 0.29) is 0 Å². The zero-order valence-electron chi connectivity index (χ0n) is 11.4. The molecule has 0 aromatic rings. The Labute approximate surface area is 110 Å². The molecule has 0 aliphatic rings. The predicted octanol–water partition coefficient (Wildman–Crippen LogP) is 4.52. The first-order valence-corrected chi connectivity index (χ1v) is 13.2. The fourth-order valence-electron chi connectivity index (χ4n) is 1.73. The van der Waals surface area contributed by atoms with Gasteiger partial charge in [-0.2, -0.15) is 0 Å². The standard InChI is InChI=1S/C12H27PSe2/c1-8-9-10-15-13(14,11(2,3)4)12(5,6)7/h8-10H2,1-7H3. The second-order valence-electron chi connectivity index (χ2n) is 6.08. The van der Waals surface area contributed by atoms with Crippen LogP contribution in [0.15, 0.2) is 0 Å². The van der Waals surface area contributed by atoms with Gasteiger partial charge in [0.1, 0.15) is 0 Å². The molecule has 0 N–H and O–H groups in total. The van der Waals surface area contributed by atoms with Gasteiger partial charge in [-0.25, -0.2) is 0 Å². The summed E-state index contributed by atoms with van der Waals surface area (Å²) >= 11 is 4.47. The molecule has 0 fully saturated rings. The molecule has 0 nitrogen and oxygen atoms in total. The van der Waals surface area contributed by atoms with Crippen LogP contribution in [-0.4, -0.2) is 39.9 Å². The first kappa shape index (κ1) is 16.5. The average molecular weight is 360 g/mol. The van der Waals surface area contributed by atoms with Gasteiger partial charge in [0, 0.05) is 0 Å². The van der Waals surface area contributed by atoms with Crippen molar-refractivity contribution in [1.82, 2.24) is 0 Å². The normalized spacial score (nSPS) is 14.3. The Balaban J connectivity index is 4.83. The fraction of sp³-hybridized carbons (Fsp3) is 1.00. The van der Waals surface area contributed by atoms with E-state index >= 15 is 0 Å². The molecule has 0 bridgehead atoms. The summed E-state index contributed by atoms with van der Waals surface area (Å²) in [6.07, 6.45) is 2.76. The third-order valence-corrected chi connectivity index (χ3v) is 27.9. The second kappa shape index (κ2) is 5.88. The fourth-order valence-corrected chi connectivity index (χ4v) is 15.3. The van der Waals surface area contributed by atoms with Gasteiger partial charge >= 0.3 is 111 Å². The van der Waals surface area contributed by atoms with E-state index in [1.165, 1.54) is 18.2 Å². The Morgan fingerprint density at radius 2 is 1.40 bits per heavy atom. The summed E-state index contributed by atoms with van der Waals surface area (Å²) in [5, 5.41) is 2.40. The third kappa shape index (κ3) is 4.33. The van der Waals surface area contributed by atoms with Crippen molar-refractivity contribution in [3.05, 3.63) is 0 Å². The van der Waals surface area contributed by atoms with Crippen molar-refractivity contribution in [3.63, 3.8) is 0 Å². The van der Waals surface area contributed by atoms with Crippen molar-refractivity contribution in [2.45, 2.75) is 76.9 Å². The molecule has 0 aromatic heterocycles. The Bertz CT molecular complexity index is 215. The average Bonchev–Trinajstić information content (AvgIpc) is 2.00. The quantitative estimate of drug-likeness (QED) is 0.393. The second-order valence-corrected chi connectivity index (χ2v) is 23.0. The molecule has 0 rings (SSSR count). The molecule has 0 saturated carbocycles. The number of hydrogen-bond donors (Lipinski definition) is 0. The minimum atomic E-state index is -0.929. The van der Waals surface area contributed by atoms with Crippen LogP contribution in [0.3, 0.4) is 0 Å². The molecule has 3 heteroatoms. The van der Waals surface area contributed by atoms with E-state index in [4.69, 9.17) is 0 Å². The van der Waals surface area contributed by atoms with Crippen molar-refractivity contribution < 1.29 is 0 Å². The van der Waals surface area contributed by atoms with Crippen molar-refractivity contribution >= 4 is 33.8 Å². The Kier molecular flexibility index (Phi) is 6.46. The van der Waals surface area contributed by atoms with Crippen molar-refractivity contribution in [3.8, 4) is 0 Å². The molecule has 0 aliphatic heterocycles. The first-order valence-electron chi connectivity index (χ1n) is 5.81. The molecule has 0 radical (unpaired) electrons. The molecule has 0 atom stereocenters. The molecule has 0 aromatic carbocycles. The molecule has 92 valence electrons. The van der Waals surface area contributed by atoms with Crippen molar-refractivity contribution in [2.24, 2.45) is 0 Å². The molecule has 0 aliphatic carbocycles. The van der Waals surface area contributed by atoms with Gasteiger partial charge in [0.25, 0.3) is 0 Å². The maximum absolute atomic E-state index is 3.67. The summed E-state index contributed by atoms with van der Waals surface area (Å²) < 4.78 is -0.929. The van der Waals surface area contributed by atoms with Gasteiger partial charge in [0.15, 0.2) is 0 Å². The zero-order chi connectivity index (χ0) is 12.3. The van der Waals surface area contributed by atoms with Crippen LogP contribution in [0.5, 0.6) is 0 Å². The minimum absolute atomic E-state index is 0.471. The third-order valence-electron chi connectivity index (χ3n) is 2.54. The summed E-state index contributed by atoms with van der Waals surface area (Å²) in [7, 11) is 0. The molecule has 15 heavy (non-hydrogen) atoms. The van der Waals surface area contributed by atoms with Crippen LogP contribution in [0, 0.1) is 0 Å². The van der Waals surface area contributed by atoms with Gasteiger partial charge in [-0.05, 0) is 0 Å². The summed E-state index contributed by atoms with van der Waals surface area (Å²) in [4.78, 5) is 0. The Hall–Kier alpha value is 1.47. The van der Waals surface area contributed by atoms with Crippen LogP contribution >= 0.6 is 4.20 Å². The maximum atomic E-state index is 3.67. The molecule has 0 saturated heterocycles. The molecular weight excluding hydrogens is 333 g/mol. The van der Waals surface area contributed by atoms with Crippen molar-refractivity contribution in [1.29, 1.82) is 0 Å². The number of rotatable bonds is 4. The summed E-state index contributed by atoms with van der Waals surface area (Å²) in [5.74, 6) is 0. The van der Waals surface area contributed by atoms with Crippen LogP contribution in [0.4, 0.5) is 0 Å².